The molecule has 0 bridgehead atoms. The molecule has 0 spiro atoms. The van der Waals surface area contributed by atoms with Crippen molar-refractivity contribution in [1.29, 1.82) is 0 Å². The second-order valence-electron chi connectivity index (χ2n) is 2.39. The molecule has 1 atom stereocenters. The zero-order chi connectivity index (χ0) is 9.84. The number of carbonyl (C=O) groups is 1. The zero-order valence-electron chi connectivity index (χ0n) is 6.71. The fourth-order valence-corrected chi connectivity index (χ4v) is 0.731. The van der Waals surface area contributed by atoms with E-state index in [0.29, 0.717) is 0 Å². The third kappa shape index (κ3) is 2.20. The van der Waals surface area contributed by atoms with Crippen molar-refractivity contribution in [3.8, 4) is 0 Å². The summed E-state index contributed by atoms with van der Waals surface area (Å²) in [5.74, 6) is -0.683. The number of aromatic nitrogens is 2. The standard InChI is InChI=1S/C7H9N3O3/c8-7(13)5-2-9-4(1-10-5)6(12)3-11/h1-2,6,11-12H,3H2,(H2,8,13). The maximum Gasteiger partial charge on any atom is 0.268 e. The van der Waals surface area contributed by atoms with Crippen LogP contribution in [0.5, 0.6) is 0 Å². The lowest BCUT2D eigenvalue weighted by Crippen LogP contribution is -2.14. The van der Waals surface area contributed by atoms with Gasteiger partial charge in [-0.05, 0) is 0 Å². The van der Waals surface area contributed by atoms with E-state index < -0.39 is 18.6 Å². The molecule has 0 aliphatic heterocycles. The number of nitrogens with zero attached hydrogens (tertiary/aromatic N) is 2. The maximum atomic E-state index is 10.6. The highest BCUT2D eigenvalue weighted by Crippen LogP contribution is 2.06. The van der Waals surface area contributed by atoms with E-state index in [0.717, 1.165) is 6.20 Å². The van der Waals surface area contributed by atoms with E-state index in [9.17, 15) is 4.79 Å². The Hall–Kier alpha value is -1.53. The van der Waals surface area contributed by atoms with Crippen LogP contribution < -0.4 is 5.73 Å². The van der Waals surface area contributed by atoms with Gasteiger partial charge in [-0.1, -0.05) is 0 Å². The second kappa shape index (κ2) is 3.92. The highest BCUT2D eigenvalue weighted by atomic mass is 16.3. The predicted octanol–water partition coefficient (Wildman–Crippen LogP) is -1.40. The van der Waals surface area contributed by atoms with Crippen molar-refractivity contribution in [2.75, 3.05) is 6.61 Å². The molecule has 4 N–H and O–H groups in total. The summed E-state index contributed by atoms with van der Waals surface area (Å²) in [4.78, 5) is 17.9. The molecule has 0 aliphatic rings. The van der Waals surface area contributed by atoms with Crippen molar-refractivity contribution in [2.24, 2.45) is 5.73 Å². The van der Waals surface area contributed by atoms with E-state index in [4.69, 9.17) is 15.9 Å². The molecule has 13 heavy (non-hydrogen) atoms. The lowest BCUT2D eigenvalue weighted by molar-refractivity contribution is 0.0915. The Balaban J connectivity index is 2.87. The molecule has 1 aromatic heterocycles. The van der Waals surface area contributed by atoms with Crippen LogP contribution in [-0.4, -0.2) is 32.7 Å². The van der Waals surface area contributed by atoms with E-state index >= 15 is 0 Å². The molecule has 70 valence electrons. The topological polar surface area (TPSA) is 109 Å². The molecule has 0 saturated carbocycles. The van der Waals surface area contributed by atoms with Gasteiger partial charge in [0.1, 0.15) is 11.8 Å². The average Bonchev–Trinajstić information content (AvgIpc) is 2.17. The van der Waals surface area contributed by atoms with Crippen molar-refractivity contribution >= 4 is 5.91 Å². The Bertz CT molecular complexity index is 298. The maximum absolute atomic E-state index is 10.6. The number of rotatable bonds is 3. The van der Waals surface area contributed by atoms with Gasteiger partial charge >= 0.3 is 0 Å². The van der Waals surface area contributed by atoms with Crippen molar-refractivity contribution in [3.05, 3.63) is 23.8 Å². The van der Waals surface area contributed by atoms with Gasteiger partial charge < -0.3 is 15.9 Å². The highest BCUT2D eigenvalue weighted by Gasteiger charge is 2.09. The molecular weight excluding hydrogens is 174 g/mol. The number of carbonyl (C=O) groups excluding carboxylic acids is 1. The number of nitrogens with two attached hydrogens (primary N) is 1. The van der Waals surface area contributed by atoms with Gasteiger partial charge in [-0.3, -0.25) is 9.78 Å². The number of aliphatic hydroxyl groups excluding tert-OH is 2. The van der Waals surface area contributed by atoms with E-state index in [-0.39, 0.29) is 11.4 Å². The first kappa shape index (κ1) is 9.56. The van der Waals surface area contributed by atoms with Crippen molar-refractivity contribution in [2.45, 2.75) is 6.10 Å². The molecule has 0 aromatic carbocycles. The molecule has 1 unspecified atom stereocenters. The third-order valence-corrected chi connectivity index (χ3v) is 1.44. The second-order valence-corrected chi connectivity index (χ2v) is 2.39. The summed E-state index contributed by atoms with van der Waals surface area (Å²) in [6, 6.07) is 0. The van der Waals surface area contributed by atoms with Gasteiger partial charge in [-0.25, -0.2) is 4.98 Å². The minimum absolute atomic E-state index is 0.0221. The largest absolute Gasteiger partial charge is 0.393 e. The molecule has 6 heteroatoms. The Kier molecular flexibility index (Phi) is 2.88. The number of primary amides is 1. The average molecular weight is 183 g/mol. The van der Waals surface area contributed by atoms with E-state index in [1.165, 1.54) is 6.20 Å². The molecule has 0 fully saturated rings. The van der Waals surface area contributed by atoms with Crippen molar-refractivity contribution in [3.63, 3.8) is 0 Å². The Morgan fingerprint density at radius 1 is 1.54 bits per heavy atom. The summed E-state index contributed by atoms with van der Waals surface area (Å²) in [7, 11) is 0. The van der Waals surface area contributed by atoms with Gasteiger partial charge in [-0.15, -0.1) is 0 Å². The van der Waals surface area contributed by atoms with Crippen molar-refractivity contribution < 1.29 is 15.0 Å². The van der Waals surface area contributed by atoms with Crippen molar-refractivity contribution in [1.82, 2.24) is 9.97 Å². The van der Waals surface area contributed by atoms with Gasteiger partial charge in [0.25, 0.3) is 5.91 Å². The minimum atomic E-state index is -1.07. The van der Waals surface area contributed by atoms with Crippen LogP contribution in [0.1, 0.15) is 22.3 Å². The molecule has 1 aromatic rings. The summed E-state index contributed by atoms with van der Waals surface area (Å²) in [5.41, 5.74) is 5.14. The first-order chi connectivity index (χ1) is 6.15. The lowest BCUT2D eigenvalue weighted by atomic mass is 10.3. The zero-order valence-corrected chi connectivity index (χ0v) is 6.71. The van der Waals surface area contributed by atoms with Gasteiger partial charge in [0.15, 0.2) is 0 Å². The molecule has 1 rings (SSSR count). The smallest absolute Gasteiger partial charge is 0.268 e. The summed E-state index contributed by atoms with van der Waals surface area (Å²) >= 11 is 0. The van der Waals surface area contributed by atoms with Crippen LogP contribution in [0.3, 0.4) is 0 Å². The predicted molar refractivity (Wildman–Crippen MR) is 42.6 cm³/mol. The fourth-order valence-electron chi connectivity index (χ4n) is 0.731. The highest BCUT2D eigenvalue weighted by molar-refractivity contribution is 5.90. The van der Waals surface area contributed by atoms with E-state index in [1.807, 2.05) is 0 Å². The molecular formula is C7H9N3O3. The van der Waals surface area contributed by atoms with Gasteiger partial charge in [-0.2, -0.15) is 0 Å². The molecule has 1 amide bonds. The van der Waals surface area contributed by atoms with Crippen LogP contribution in [0.2, 0.25) is 0 Å². The van der Waals surface area contributed by atoms with Crippen LogP contribution in [0, 0.1) is 0 Å². The quantitative estimate of drug-likeness (QED) is 0.534. The lowest BCUT2D eigenvalue weighted by Gasteiger charge is -2.04. The summed E-state index contributed by atoms with van der Waals surface area (Å²) in [6.07, 6.45) is 1.27. The van der Waals surface area contributed by atoms with Crippen LogP contribution in [0.15, 0.2) is 12.4 Å². The van der Waals surface area contributed by atoms with Gasteiger partial charge in [0.05, 0.1) is 24.7 Å². The number of hydrogen-bond acceptors (Lipinski definition) is 5. The Labute approximate surface area is 74.1 Å². The normalized spacial score (nSPS) is 12.5. The first-order valence-corrected chi connectivity index (χ1v) is 3.56. The molecule has 0 saturated heterocycles. The van der Waals surface area contributed by atoms with Crippen LogP contribution >= 0.6 is 0 Å². The van der Waals surface area contributed by atoms with E-state index in [1.54, 1.807) is 0 Å². The van der Waals surface area contributed by atoms with Crippen LogP contribution in [0.4, 0.5) is 0 Å². The monoisotopic (exact) mass is 183 g/mol. The summed E-state index contributed by atoms with van der Waals surface area (Å²) < 4.78 is 0. The summed E-state index contributed by atoms with van der Waals surface area (Å²) in [5, 5.41) is 17.6. The van der Waals surface area contributed by atoms with E-state index in [2.05, 4.69) is 9.97 Å². The number of hydrogen-bond donors (Lipinski definition) is 3. The Morgan fingerprint density at radius 2 is 2.23 bits per heavy atom. The van der Waals surface area contributed by atoms with Crippen LogP contribution in [-0.2, 0) is 0 Å². The Morgan fingerprint density at radius 3 is 2.62 bits per heavy atom. The molecule has 0 aliphatic carbocycles. The summed E-state index contributed by atoms with van der Waals surface area (Å²) in [6.45, 7) is -0.440. The first-order valence-electron chi connectivity index (χ1n) is 3.56. The van der Waals surface area contributed by atoms with Gasteiger partial charge in [0.2, 0.25) is 0 Å². The van der Waals surface area contributed by atoms with Crippen LogP contribution in [0.25, 0.3) is 0 Å². The minimum Gasteiger partial charge on any atom is -0.393 e. The number of amides is 1. The molecule has 6 nitrogen and oxygen atoms in total. The molecule has 1 heterocycles. The van der Waals surface area contributed by atoms with Gasteiger partial charge in [0, 0.05) is 0 Å². The number of aliphatic hydroxyl groups is 2. The molecule has 0 radical (unpaired) electrons. The third-order valence-electron chi connectivity index (χ3n) is 1.44. The fraction of sp³-hybridized carbons (Fsp3) is 0.286. The SMILES string of the molecule is NC(=O)c1cnc(C(O)CO)cn1.